The molecule has 2 fully saturated rings. The molecule has 30 heavy (non-hydrogen) atoms. The van der Waals surface area contributed by atoms with Gasteiger partial charge in [-0.1, -0.05) is 0 Å². The molecule has 2 saturated heterocycles. The molecule has 0 bridgehead atoms. The maximum Gasteiger partial charge on any atom is 0.309 e. The summed E-state index contributed by atoms with van der Waals surface area (Å²) in [5.74, 6) is -0.0693. The standard InChI is InChI=1S/C22H34N4O4/c1-2-26-19-17(14-22(15-24-20(19)27)7-12-29-13-8-22)18(25-26)4-3-11-30-21(28)16-5-9-23-10-6-16/h16,23H,2-15H2,1H3,(H,24,27). The summed E-state index contributed by atoms with van der Waals surface area (Å²) in [4.78, 5) is 25.1. The van der Waals surface area contributed by atoms with Crippen molar-refractivity contribution in [2.45, 2.75) is 58.4 Å². The van der Waals surface area contributed by atoms with Crippen molar-refractivity contribution in [2.75, 3.05) is 39.5 Å². The molecule has 0 radical (unpaired) electrons. The van der Waals surface area contributed by atoms with E-state index in [2.05, 4.69) is 10.6 Å². The van der Waals surface area contributed by atoms with Crippen molar-refractivity contribution in [3.05, 3.63) is 17.0 Å². The Morgan fingerprint density at radius 3 is 2.80 bits per heavy atom. The zero-order chi connectivity index (χ0) is 21.0. The average molecular weight is 419 g/mol. The van der Waals surface area contributed by atoms with Gasteiger partial charge in [0, 0.05) is 31.9 Å². The van der Waals surface area contributed by atoms with E-state index < -0.39 is 0 Å². The summed E-state index contributed by atoms with van der Waals surface area (Å²) >= 11 is 0. The van der Waals surface area contributed by atoms with E-state index in [1.54, 1.807) is 0 Å². The van der Waals surface area contributed by atoms with E-state index in [0.717, 1.165) is 76.1 Å². The lowest BCUT2D eigenvalue weighted by Crippen LogP contribution is -2.40. The minimum Gasteiger partial charge on any atom is -0.465 e. The Balaban J connectivity index is 1.42. The van der Waals surface area contributed by atoms with Gasteiger partial charge in [0.25, 0.3) is 5.91 Å². The van der Waals surface area contributed by atoms with Crippen molar-refractivity contribution in [1.82, 2.24) is 20.4 Å². The van der Waals surface area contributed by atoms with Gasteiger partial charge >= 0.3 is 5.97 Å². The van der Waals surface area contributed by atoms with E-state index >= 15 is 0 Å². The van der Waals surface area contributed by atoms with Gasteiger partial charge in [-0.2, -0.15) is 5.10 Å². The number of hydrogen-bond donors (Lipinski definition) is 2. The highest BCUT2D eigenvalue weighted by molar-refractivity contribution is 5.94. The first kappa shape index (κ1) is 21.3. The van der Waals surface area contributed by atoms with Crippen molar-refractivity contribution in [1.29, 1.82) is 0 Å². The van der Waals surface area contributed by atoms with Gasteiger partial charge in [-0.25, -0.2) is 0 Å². The van der Waals surface area contributed by atoms with Gasteiger partial charge in [-0.3, -0.25) is 14.3 Å². The molecular formula is C22H34N4O4. The molecule has 0 saturated carbocycles. The molecule has 0 aromatic carbocycles. The maximum atomic E-state index is 12.8. The van der Waals surface area contributed by atoms with E-state index in [-0.39, 0.29) is 23.2 Å². The highest BCUT2D eigenvalue weighted by atomic mass is 16.5. The smallest absolute Gasteiger partial charge is 0.309 e. The Morgan fingerprint density at radius 2 is 2.07 bits per heavy atom. The number of ether oxygens (including phenoxy) is 2. The van der Waals surface area contributed by atoms with E-state index in [9.17, 15) is 9.59 Å². The van der Waals surface area contributed by atoms with Gasteiger partial charge in [0.2, 0.25) is 0 Å². The van der Waals surface area contributed by atoms with Gasteiger partial charge in [0.05, 0.1) is 18.2 Å². The summed E-state index contributed by atoms with van der Waals surface area (Å²) < 4.78 is 12.9. The quantitative estimate of drug-likeness (QED) is 0.537. The van der Waals surface area contributed by atoms with Gasteiger partial charge in [-0.05, 0) is 70.4 Å². The second-order valence-corrected chi connectivity index (χ2v) is 8.86. The molecular weight excluding hydrogens is 384 g/mol. The van der Waals surface area contributed by atoms with Crippen molar-refractivity contribution < 1.29 is 19.1 Å². The van der Waals surface area contributed by atoms with Crippen LogP contribution in [-0.2, 0) is 33.7 Å². The van der Waals surface area contributed by atoms with Gasteiger partial charge in [0.15, 0.2) is 0 Å². The Bertz CT molecular complexity index is 763. The number of aryl methyl sites for hydroxylation is 2. The zero-order valence-electron chi connectivity index (χ0n) is 18.0. The molecule has 4 heterocycles. The minimum atomic E-state index is -0.0741. The first-order chi connectivity index (χ1) is 14.6. The van der Waals surface area contributed by atoms with Crippen LogP contribution in [0.3, 0.4) is 0 Å². The number of nitrogens with one attached hydrogen (secondary N) is 2. The van der Waals surface area contributed by atoms with Gasteiger partial charge in [0.1, 0.15) is 5.69 Å². The van der Waals surface area contributed by atoms with Crippen molar-refractivity contribution >= 4 is 11.9 Å². The van der Waals surface area contributed by atoms with Crippen LogP contribution < -0.4 is 10.6 Å². The summed E-state index contributed by atoms with van der Waals surface area (Å²) in [5, 5.41) is 11.2. The molecule has 0 unspecified atom stereocenters. The Hall–Kier alpha value is -1.93. The fourth-order valence-corrected chi connectivity index (χ4v) is 4.95. The lowest BCUT2D eigenvalue weighted by molar-refractivity contribution is -0.149. The average Bonchev–Trinajstić information content (AvgIpc) is 3.06. The van der Waals surface area contributed by atoms with Crippen LogP contribution in [0, 0.1) is 11.3 Å². The highest BCUT2D eigenvalue weighted by Crippen LogP contribution is 2.37. The third-order valence-corrected chi connectivity index (χ3v) is 6.85. The molecule has 4 rings (SSSR count). The summed E-state index contributed by atoms with van der Waals surface area (Å²) in [7, 11) is 0. The minimum absolute atomic E-state index is 0.0219. The summed E-state index contributed by atoms with van der Waals surface area (Å²) in [5.41, 5.74) is 2.82. The van der Waals surface area contributed by atoms with Crippen LogP contribution in [0.5, 0.6) is 0 Å². The van der Waals surface area contributed by atoms with Gasteiger partial charge < -0.3 is 20.1 Å². The molecule has 2 N–H and O–H groups in total. The summed E-state index contributed by atoms with van der Waals surface area (Å²) in [6, 6.07) is 0. The molecule has 1 amide bonds. The normalized spacial score (nSPS) is 21.7. The first-order valence-corrected chi connectivity index (χ1v) is 11.4. The third kappa shape index (κ3) is 4.54. The zero-order valence-corrected chi connectivity index (χ0v) is 18.0. The predicted octanol–water partition coefficient (Wildman–Crippen LogP) is 1.46. The molecule has 0 atom stereocenters. The van der Waals surface area contributed by atoms with Crippen LogP contribution in [0.1, 0.15) is 60.8 Å². The van der Waals surface area contributed by atoms with Crippen LogP contribution in [0.4, 0.5) is 0 Å². The molecule has 1 aromatic heterocycles. The summed E-state index contributed by atoms with van der Waals surface area (Å²) in [6.45, 7) is 7.04. The topological polar surface area (TPSA) is 94.5 Å². The lowest BCUT2D eigenvalue weighted by Gasteiger charge is -2.36. The van der Waals surface area contributed by atoms with Crippen LogP contribution in [0.25, 0.3) is 0 Å². The van der Waals surface area contributed by atoms with Crippen molar-refractivity contribution in [3.8, 4) is 0 Å². The second-order valence-electron chi connectivity index (χ2n) is 8.86. The molecule has 1 aromatic rings. The van der Waals surface area contributed by atoms with E-state index in [0.29, 0.717) is 31.8 Å². The number of hydrogen-bond acceptors (Lipinski definition) is 6. The largest absolute Gasteiger partial charge is 0.465 e. The van der Waals surface area contributed by atoms with Gasteiger partial charge in [-0.15, -0.1) is 0 Å². The number of aromatic nitrogens is 2. The second kappa shape index (κ2) is 9.47. The van der Waals surface area contributed by atoms with Crippen LogP contribution in [-0.4, -0.2) is 61.1 Å². The van der Waals surface area contributed by atoms with E-state index in [1.165, 1.54) is 0 Å². The number of amides is 1. The predicted molar refractivity (Wildman–Crippen MR) is 111 cm³/mol. The van der Waals surface area contributed by atoms with Crippen molar-refractivity contribution in [2.24, 2.45) is 11.3 Å². The SMILES string of the molecule is CCn1nc(CCCOC(=O)C2CCNCC2)c2c1C(=O)NCC1(CCOCC1)C2. The Kier molecular flexibility index (Phi) is 6.73. The number of fused-ring (bicyclic) bond motifs is 1. The number of esters is 1. The fraction of sp³-hybridized carbons (Fsp3) is 0.773. The molecule has 166 valence electrons. The van der Waals surface area contributed by atoms with E-state index in [1.807, 2.05) is 11.6 Å². The molecule has 3 aliphatic rings. The Labute approximate surface area is 178 Å². The lowest BCUT2D eigenvalue weighted by atomic mass is 9.75. The summed E-state index contributed by atoms with van der Waals surface area (Å²) in [6.07, 6.45) is 5.92. The number of rotatable bonds is 6. The number of carbonyl (C=O) groups excluding carboxylic acids is 2. The van der Waals surface area contributed by atoms with Crippen LogP contribution >= 0.6 is 0 Å². The molecule has 8 heteroatoms. The van der Waals surface area contributed by atoms with Crippen LogP contribution in [0.2, 0.25) is 0 Å². The first-order valence-electron chi connectivity index (χ1n) is 11.4. The third-order valence-electron chi connectivity index (χ3n) is 6.85. The fourth-order valence-electron chi connectivity index (χ4n) is 4.95. The number of piperidine rings is 1. The highest BCUT2D eigenvalue weighted by Gasteiger charge is 2.39. The molecule has 3 aliphatic heterocycles. The Morgan fingerprint density at radius 1 is 1.30 bits per heavy atom. The molecule has 1 spiro atoms. The molecule has 0 aliphatic carbocycles. The number of carbonyl (C=O) groups is 2. The number of nitrogens with zero attached hydrogens (tertiary/aromatic N) is 2. The maximum absolute atomic E-state index is 12.8. The van der Waals surface area contributed by atoms with Crippen molar-refractivity contribution in [3.63, 3.8) is 0 Å². The monoisotopic (exact) mass is 418 g/mol. The molecule has 8 nitrogen and oxygen atoms in total. The van der Waals surface area contributed by atoms with Crippen LogP contribution in [0.15, 0.2) is 0 Å². The van der Waals surface area contributed by atoms with E-state index in [4.69, 9.17) is 14.6 Å².